The molecule has 1 unspecified atom stereocenters. The second kappa shape index (κ2) is 6.23. The molecule has 88 valence electrons. The lowest BCUT2D eigenvalue weighted by Crippen LogP contribution is -2.36. The Balaban J connectivity index is 2.60. The van der Waals surface area contributed by atoms with Gasteiger partial charge in [-0.3, -0.25) is 9.78 Å². The first-order valence-corrected chi connectivity index (χ1v) is 5.55. The van der Waals surface area contributed by atoms with Crippen LogP contribution in [0.3, 0.4) is 0 Å². The van der Waals surface area contributed by atoms with Crippen molar-refractivity contribution < 1.29 is 4.79 Å². The van der Waals surface area contributed by atoms with Gasteiger partial charge in [0.05, 0.1) is 11.9 Å². The Hall–Kier alpha value is -1.42. The Morgan fingerprint density at radius 3 is 2.94 bits per heavy atom. The summed E-state index contributed by atoms with van der Waals surface area (Å²) in [4.78, 5) is 17.7. The molecule has 1 atom stereocenters. The third-order valence-electron chi connectivity index (χ3n) is 2.49. The van der Waals surface area contributed by atoms with Gasteiger partial charge in [0.25, 0.3) is 0 Å². The van der Waals surface area contributed by atoms with Crippen LogP contribution in [0.25, 0.3) is 0 Å². The summed E-state index contributed by atoms with van der Waals surface area (Å²) in [6.45, 7) is 5.55. The fraction of sp³-hybridized carbons (Fsp3) is 0.500. The Labute approximate surface area is 96.7 Å². The van der Waals surface area contributed by atoms with Crippen molar-refractivity contribution in [2.75, 3.05) is 25.0 Å². The molecule has 0 aliphatic rings. The van der Waals surface area contributed by atoms with Gasteiger partial charge >= 0.3 is 0 Å². The summed E-state index contributed by atoms with van der Waals surface area (Å²) >= 11 is 0. The molecule has 0 radical (unpaired) electrons. The molecule has 1 rings (SSSR count). The number of carbonyl (C=O) groups excluding carboxylic acids is 1. The molecular weight excluding hydrogens is 202 g/mol. The van der Waals surface area contributed by atoms with Crippen LogP contribution in [-0.4, -0.2) is 31.0 Å². The molecule has 0 spiro atoms. The molecule has 1 aromatic heterocycles. The number of rotatable bonds is 5. The van der Waals surface area contributed by atoms with Crippen LogP contribution >= 0.6 is 0 Å². The zero-order valence-electron chi connectivity index (χ0n) is 10.1. The van der Waals surface area contributed by atoms with E-state index >= 15 is 0 Å². The fourth-order valence-electron chi connectivity index (χ4n) is 1.46. The molecule has 0 aliphatic heterocycles. The highest BCUT2D eigenvalue weighted by Gasteiger charge is 2.17. The highest BCUT2D eigenvalue weighted by Crippen LogP contribution is 2.12. The van der Waals surface area contributed by atoms with Crippen molar-refractivity contribution in [3.8, 4) is 0 Å². The Kier molecular flexibility index (Phi) is 4.92. The summed E-state index contributed by atoms with van der Waals surface area (Å²) in [5.74, 6) is 0.0825. The lowest BCUT2D eigenvalue weighted by atomic mass is 10.1. The number of hydrogen-bond donors (Lipinski definition) is 1. The molecule has 0 aromatic carbocycles. The predicted molar refractivity (Wildman–Crippen MR) is 65.4 cm³/mol. The number of nitrogens with one attached hydrogen (secondary N) is 1. The molecule has 0 saturated heterocycles. The average molecular weight is 221 g/mol. The van der Waals surface area contributed by atoms with Crippen LogP contribution in [0.1, 0.15) is 13.8 Å². The van der Waals surface area contributed by atoms with Crippen LogP contribution in [0.4, 0.5) is 5.69 Å². The first kappa shape index (κ1) is 12.6. The third kappa shape index (κ3) is 3.31. The van der Waals surface area contributed by atoms with E-state index in [-0.39, 0.29) is 11.8 Å². The number of aromatic nitrogens is 1. The number of hydrogen-bond acceptors (Lipinski definition) is 3. The van der Waals surface area contributed by atoms with Gasteiger partial charge in [-0.15, -0.1) is 0 Å². The second-order valence-corrected chi connectivity index (χ2v) is 3.82. The van der Waals surface area contributed by atoms with Crippen molar-refractivity contribution in [3.05, 3.63) is 24.5 Å². The molecular formula is C12H19N3O. The first-order chi connectivity index (χ1) is 7.66. The second-order valence-electron chi connectivity index (χ2n) is 3.82. The van der Waals surface area contributed by atoms with E-state index in [2.05, 4.69) is 10.3 Å². The number of amides is 1. The average Bonchev–Trinajstić information content (AvgIpc) is 2.35. The van der Waals surface area contributed by atoms with Gasteiger partial charge in [-0.1, -0.05) is 13.8 Å². The fourth-order valence-corrected chi connectivity index (χ4v) is 1.46. The quantitative estimate of drug-likeness (QED) is 0.815. The molecule has 0 bridgehead atoms. The molecule has 1 heterocycles. The molecule has 4 heteroatoms. The van der Waals surface area contributed by atoms with Crippen LogP contribution in [-0.2, 0) is 4.79 Å². The van der Waals surface area contributed by atoms with Gasteiger partial charge in [0, 0.05) is 25.7 Å². The number of pyridine rings is 1. The Bertz CT molecular complexity index is 326. The zero-order chi connectivity index (χ0) is 12.0. The van der Waals surface area contributed by atoms with Gasteiger partial charge in [0.15, 0.2) is 0 Å². The van der Waals surface area contributed by atoms with E-state index in [0.717, 1.165) is 12.2 Å². The van der Waals surface area contributed by atoms with Gasteiger partial charge in [-0.05, 0) is 18.7 Å². The van der Waals surface area contributed by atoms with E-state index in [1.165, 1.54) is 0 Å². The lowest BCUT2D eigenvalue weighted by Gasteiger charge is -2.21. The van der Waals surface area contributed by atoms with Gasteiger partial charge in [0.2, 0.25) is 5.91 Å². The smallest absolute Gasteiger partial charge is 0.230 e. The van der Waals surface area contributed by atoms with E-state index in [1.54, 1.807) is 24.3 Å². The Morgan fingerprint density at radius 1 is 1.62 bits per heavy atom. The van der Waals surface area contributed by atoms with Gasteiger partial charge < -0.3 is 10.2 Å². The third-order valence-corrected chi connectivity index (χ3v) is 2.49. The van der Waals surface area contributed by atoms with E-state index in [0.29, 0.717) is 6.54 Å². The minimum Gasteiger partial charge on any atom is -0.316 e. The van der Waals surface area contributed by atoms with E-state index in [4.69, 9.17) is 0 Å². The summed E-state index contributed by atoms with van der Waals surface area (Å²) in [5, 5.41) is 3.17. The maximum Gasteiger partial charge on any atom is 0.230 e. The van der Waals surface area contributed by atoms with Crippen LogP contribution in [0.5, 0.6) is 0 Å². The zero-order valence-corrected chi connectivity index (χ0v) is 10.1. The minimum absolute atomic E-state index is 0.0230. The van der Waals surface area contributed by atoms with Crippen LogP contribution in [0.15, 0.2) is 24.5 Å². The van der Waals surface area contributed by atoms with Crippen LogP contribution in [0, 0.1) is 5.92 Å². The molecule has 4 nitrogen and oxygen atoms in total. The SMILES string of the molecule is CCNCC(C)C(=O)N(C)c1cccnc1. The lowest BCUT2D eigenvalue weighted by molar-refractivity contribution is -0.121. The molecule has 0 fully saturated rings. The summed E-state index contributed by atoms with van der Waals surface area (Å²) in [6.07, 6.45) is 3.39. The van der Waals surface area contributed by atoms with E-state index < -0.39 is 0 Å². The molecule has 1 amide bonds. The minimum atomic E-state index is -0.0230. The number of carbonyl (C=O) groups is 1. The number of anilines is 1. The molecule has 1 N–H and O–H groups in total. The van der Waals surface area contributed by atoms with Crippen molar-refractivity contribution in [1.29, 1.82) is 0 Å². The molecule has 16 heavy (non-hydrogen) atoms. The highest BCUT2D eigenvalue weighted by atomic mass is 16.2. The monoisotopic (exact) mass is 221 g/mol. The normalized spacial score (nSPS) is 12.2. The summed E-state index contributed by atoms with van der Waals surface area (Å²) in [7, 11) is 1.78. The van der Waals surface area contributed by atoms with Crippen LogP contribution < -0.4 is 10.2 Å². The van der Waals surface area contributed by atoms with Gasteiger partial charge in [-0.2, -0.15) is 0 Å². The van der Waals surface area contributed by atoms with Crippen molar-refractivity contribution in [1.82, 2.24) is 10.3 Å². The summed E-state index contributed by atoms with van der Waals surface area (Å²) < 4.78 is 0. The largest absolute Gasteiger partial charge is 0.316 e. The van der Waals surface area contributed by atoms with Gasteiger partial charge in [-0.25, -0.2) is 0 Å². The number of nitrogens with zero attached hydrogens (tertiary/aromatic N) is 2. The van der Waals surface area contributed by atoms with Crippen molar-refractivity contribution in [3.63, 3.8) is 0 Å². The van der Waals surface area contributed by atoms with Crippen molar-refractivity contribution in [2.24, 2.45) is 5.92 Å². The highest BCUT2D eigenvalue weighted by molar-refractivity contribution is 5.94. The topological polar surface area (TPSA) is 45.2 Å². The standard InChI is InChI=1S/C12H19N3O/c1-4-13-8-10(2)12(16)15(3)11-6-5-7-14-9-11/h5-7,9-10,13H,4,8H2,1-3H3. The maximum absolute atomic E-state index is 12.0. The van der Waals surface area contributed by atoms with Crippen LogP contribution in [0.2, 0.25) is 0 Å². The maximum atomic E-state index is 12.0. The first-order valence-electron chi connectivity index (χ1n) is 5.55. The van der Waals surface area contributed by atoms with Crippen molar-refractivity contribution >= 4 is 11.6 Å². The molecule has 0 aliphatic carbocycles. The van der Waals surface area contributed by atoms with E-state index in [9.17, 15) is 4.79 Å². The molecule has 0 saturated carbocycles. The van der Waals surface area contributed by atoms with E-state index in [1.807, 2.05) is 26.0 Å². The summed E-state index contributed by atoms with van der Waals surface area (Å²) in [6, 6.07) is 3.71. The Morgan fingerprint density at radius 2 is 2.38 bits per heavy atom. The summed E-state index contributed by atoms with van der Waals surface area (Å²) in [5.41, 5.74) is 0.829. The molecule has 1 aromatic rings. The van der Waals surface area contributed by atoms with Gasteiger partial charge in [0.1, 0.15) is 0 Å². The van der Waals surface area contributed by atoms with Crippen molar-refractivity contribution in [2.45, 2.75) is 13.8 Å². The predicted octanol–water partition coefficient (Wildman–Crippen LogP) is 1.29.